The standard InChI is InChI=1S/C26H21NO9/c28-23(29)14-35-19-11-18(12-20(13-19)36-15-24(30)31)25(32)27-22-9-8-17(10-21(22)26(33)34)7-6-16-4-2-1-3-5-16/h1-13H,14-15H2,(H,27,32)(H,28,29)(H,30,31)(H,33,34)/b7-6+. The van der Waals surface area contributed by atoms with Gasteiger partial charge in [0, 0.05) is 11.6 Å². The second kappa shape index (κ2) is 11.8. The van der Waals surface area contributed by atoms with E-state index in [0.29, 0.717) is 5.56 Å². The van der Waals surface area contributed by atoms with Gasteiger partial charge in [0.15, 0.2) is 13.2 Å². The van der Waals surface area contributed by atoms with Crippen LogP contribution in [0.3, 0.4) is 0 Å². The summed E-state index contributed by atoms with van der Waals surface area (Å²) in [7, 11) is 0. The van der Waals surface area contributed by atoms with E-state index in [4.69, 9.17) is 19.7 Å². The van der Waals surface area contributed by atoms with Gasteiger partial charge < -0.3 is 30.1 Å². The molecule has 0 fully saturated rings. The van der Waals surface area contributed by atoms with Crippen LogP contribution in [0.5, 0.6) is 11.5 Å². The largest absolute Gasteiger partial charge is 0.482 e. The van der Waals surface area contributed by atoms with Gasteiger partial charge >= 0.3 is 17.9 Å². The van der Waals surface area contributed by atoms with E-state index < -0.39 is 37.0 Å². The highest BCUT2D eigenvalue weighted by Crippen LogP contribution is 2.25. The van der Waals surface area contributed by atoms with Gasteiger partial charge in [0.2, 0.25) is 0 Å². The Morgan fingerprint density at radius 2 is 1.31 bits per heavy atom. The molecule has 0 aliphatic heterocycles. The van der Waals surface area contributed by atoms with Crippen molar-refractivity contribution < 1.29 is 44.0 Å². The summed E-state index contributed by atoms with van der Waals surface area (Å²) in [6.45, 7) is -1.41. The first kappa shape index (κ1) is 25.5. The van der Waals surface area contributed by atoms with E-state index in [1.54, 1.807) is 12.1 Å². The fourth-order valence-electron chi connectivity index (χ4n) is 3.06. The Kier molecular flexibility index (Phi) is 8.39. The van der Waals surface area contributed by atoms with Crippen molar-refractivity contribution in [1.29, 1.82) is 0 Å². The number of aliphatic carboxylic acids is 2. The number of carboxylic acids is 3. The van der Waals surface area contributed by atoms with Crippen LogP contribution in [0.2, 0.25) is 0 Å². The molecule has 3 aromatic carbocycles. The minimum absolute atomic E-state index is 0.0224. The third-order valence-corrected chi connectivity index (χ3v) is 4.66. The lowest BCUT2D eigenvalue weighted by molar-refractivity contribution is -0.140. The number of amides is 1. The molecule has 0 heterocycles. The number of carbonyl (C=O) groups excluding carboxylic acids is 1. The number of benzene rings is 3. The van der Waals surface area contributed by atoms with Gasteiger partial charge in [0.05, 0.1) is 11.3 Å². The average molecular weight is 491 g/mol. The molecular weight excluding hydrogens is 470 g/mol. The minimum atomic E-state index is -1.26. The number of nitrogens with one attached hydrogen (secondary N) is 1. The Morgan fingerprint density at radius 1 is 0.722 bits per heavy atom. The zero-order chi connectivity index (χ0) is 26.1. The van der Waals surface area contributed by atoms with Crippen molar-refractivity contribution in [2.24, 2.45) is 0 Å². The van der Waals surface area contributed by atoms with Gasteiger partial charge in [-0.25, -0.2) is 14.4 Å². The summed E-state index contributed by atoms with van der Waals surface area (Å²) in [6, 6.07) is 17.6. The first-order valence-electron chi connectivity index (χ1n) is 10.5. The Hall–Kier alpha value is -5.12. The van der Waals surface area contributed by atoms with Crippen LogP contribution in [0.4, 0.5) is 5.69 Å². The summed E-state index contributed by atoms with van der Waals surface area (Å²) in [6.07, 6.45) is 3.56. The first-order chi connectivity index (χ1) is 17.2. The topological polar surface area (TPSA) is 159 Å². The molecule has 0 radical (unpaired) electrons. The molecule has 0 saturated heterocycles. The number of aromatic carboxylic acids is 1. The van der Waals surface area contributed by atoms with Crippen molar-refractivity contribution in [1.82, 2.24) is 0 Å². The van der Waals surface area contributed by atoms with Crippen LogP contribution in [-0.2, 0) is 9.59 Å². The number of anilines is 1. The zero-order valence-electron chi connectivity index (χ0n) is 18.7. The molecule has 36 heavy (non-hydrogen) atoms. The summed E-state index contributed by atoms with van der Waals surface area (Å²) in [5.74, 6) is -4.62. The predicted octanol–water partition coefficient (Wildman–Crippen LogP) is 3.73. The van der Waals surface area contributed by atoms with Crippen LogP contribution < -0.4 is 14.8 Å². The lowest BCUT2D eigenvalue weighted by Crippen LogP contribution is -2.16. The van der Waals surface area contributed by atoms with Gasteiger partial charge in [-0.05, 0) is 35.4 Å². The van der Waals surface area contributed by atoms with Gasteiger partial charge in [-0.15, -0.1) is 0 Å². The van der Waals surface area contributed by atoms with E-state index in [1.807, 2.05) is 36.4 Å². The maximum atomic E-state index is 12.9. The predicted molar refractivity (Wildman–Crippen MR) is 129 cm³/mol. The third-order valence-electron chi connectivity index (χ3n) is 4.66. The lowest BCUT2D eigenvalue weighted by Gasteiger charge is -2.12. The Morgan fingerprint density at radius 3 is 1.86 bits per heavy atom. The molecular formula is C26H21NO9. The number of carbonyl (C=O) groups is 4. The maximum absolute atomic E-state index is 12.9. The van der Waals surface area contributed by atoms with Gasteiger partial charge in [-0.2, -0.15) is 0 Å². The number of ether oxygens (including phenoxy) is 2. The molecule has 184 valence electrons. The smallest absolute Gasteiger partial charge is 0.341 e. The molecule has 0 aliphatic carbocycles. The molecule has 0 spiro atoms. The molecule has 3 rings (SSSR count). The summed E-state index contributed by atoms with van der Waals surface area (Å²) in [4.78, 5) is 46.4. The van der Waals surface area contributed by atoms with Gasteiger partial charge in [-0.1, -0.05) is 48.6 Å². The van der Waals surface area contributed by atoms with Crippen LogP contribution in [0.25, 0.3) is 12.2 Å². The van der Waals surface area contributed by atoms with E-state index in [0.717, 1.165) is 5.56 Å². The summed E-state index contributed by atoms with van der Waals surface area (Å²) in [5.41, 5.74) is 1.33. The lowest BCUT2D eigenvalue weighted by atomic mass is 10.1. The van der Waals surface area contributed by atoms with Crippen molar-refractivity contribution in [3.05, 3.63) is 89.0 Å². The highest BCUT2D eigenvalue weighted by Gasteiger charge is 2.17. The monoisotopic (exact) mass is 491 g/mol. The Bertz CT molecular complexity index is 1280. The Balaban J connectivity index is 1.86. The highest BCUT2D eigenvalue weighted by molar-refractivity contribution is 6.08. The SMILES string of the molecule is O=C(O)COc1cc(OCC(=O)O)cc(C(=O)Nc2ccc(/C=C/c3ccccc3)cc2C(=O)O)c1. The van der Waals surface area contributed by atoms with Crippen molar-refractivity contribution >= 4 is 41.7 Å². The molecule has 4 N–H and O–H groups in total. The van der Waals surface area contributed by atoms with Crippen molar-refractivity contribution in [2.45, 2.75) is 0 Å². The van der Waals surface area contributed by atoms with Gasteiger partial charge in [0.1, 0.15) is 11.5 Å². The molecule has 0 atom stereocenters. The van der Waals surface area contributed by atoms with E-state index in [2.05, 4.69) is 5.32 Å². The summed E-state index contributed by atoms with van der Waals surface area (Å²) >= 11 is 0. The first-order valence-corrected chi connectivity index (χ1v) is 10.5. The van der Waals surface area contributed by atoms with Crippen molar-refractivity contribution in [3.63, 3.8) is 0 Å². The minimum Gasteiger partial charge on any atom is -0.482 e. The van der Waals surface area contributed by atoms with Crippen LogP contribution in [0.1, 0.15) is 31.8 Å². The van der Waals surface area contributed by atoms with Crippen molar-refractivity contribution in [3.8, 4) is 11.5 Å². The van der Waals surface area contributed by atoms with Gasteiger partial charge in [0.25, 0.3) is 5.91 Å². The number of rotatable bonds is 11. The molecule has 10 heteroatoms. The zero-order valence-corrected chi connectivity index (χ0v) is 18.7. The summed E-state index contributed by atoms with van der Waals surface area (Å²) in [5, 5.41) is 29.8. The molecule has 0 unspecified atom stereocenters. The third kappa shape index (κ3) is 7.45. The molecule has 10 nitrogen and oxygen atoms in total. The molecule has 1 amide bonds. The van der Waals surface area contributed by atoms with E-state index >= 15 is 0 Å². The van der Waals surface area contributed by atoms with Gasteiger partial charge in [-0.3, -0.25) is 4.79 Å². The molecule has 0 aromatic heterocycles. The Labute approximate surface area is 205 Å². The maximum Gasteiger partial charge on any atom is 0.341 e. The molecule has 3 aromatic rings. The summed E-state index contributed by atoms with van der Waals surface area (Å²) < 4.78 is 10.2. The number of hydrogen-bond acceptors (Lipinski definition) is 6. The number of carboxylic acid groups (broad SMARTS) is 3. The van der Waals surface area contributed by atoms with Crippen molar-refractivity contribution in [2.75, 3.05) is 18.5 Å². The average Bonchev–Trinajstić information content (AvgIpc) is 2.86. The second-order valence-corrected chi connectivity index (χ2v) is 7.37. The fraction of sp³-hybridized carbons (Fsp3) is 0.0769. The quantitative estimate of drug-likeness (QED) is 0.293. The highest BCUT2D eigenvalue weighted by atomic mass is 16.5. The van der Waals surface area contributed by atoms with Crippen LogP contribution in [0, 0.1) is 0 Å². The van der Waals surface area contributed by atoms with Crippen LogP contribution >= 0.6 is 0 Å². The van der Waals surface area contributed by atoms with E-state index in [1.165, 1.54) is 30.3 Å². The fourth-order valence-corrected chi connectivity index (χ4v) is 3.06. The normalized spacial score (nSPS) is 10.6. The van der Waals surface area contributed by atoms with Crippen LogP contribution in [0.15, 0.2) is 66.7 Å². The van der Waals surface area contributed by atoms with E-state index in [9.17, 15) is 24.3 Å². The molecule has 0 bridgehead atoms. The van der Waals surface area contributed by atoms with Crippen LogP contribution in [-0.4, -0.2) is 52.3 Å². The second-order valence-electron chi connectivity index (χ2n) is 7.37. The van der Waals surface area contributed by atoms with E-state index in [-0.39, 0.29) is 28.3 Å². The molecule has 0 saturated carbocycles. The number of hydrogen-bond donors (Lipinski definition) is 4. The molecule has 0 aliphatic rings.